The number of benzene rings is 5. The summed E-state index contributed by atoms with van der Waals surface area (Å²) < 4.78 is 14.3. The van der Waals surface area contributed by atoms with Crippen molar-refractivity contribution < 1.29 is 4.39 Å². The molecule has 1 spiro atoms. The van der Waals surface area contributed by atoms with Gasteiger partial charge in [-0.25, -0.2) is 4.39 Å². The molecule has 4 saturated carbocycles. The third kappa shape index (κ3) is 3.75. The minimum atomic E-state index is -0.206. The molecule has 5 aliphatic rings. The van der Waals surface area contributed by atoms with E-state index in [-0.39, 0.29) is 11.2 Å². The average Bonchev–Trinajstić information content (AvgIpc) is 3.20. The van der Waals surface area contributed by atoms with E-state index < -0.39 is 0 Å². The molecule has 10 rings (SSSR count). The average molecular weight is 562 g/mol. The van der Waals surface area contributed by atoms with E-state index in [0.29, 0.717) is 11.8 Å². The number of hydrogen-bond acceptors (Lipinski definition) is 1. The third-order valence-electron chi connectivity index (χ3n) is 11.4. The van der Waals surface area contributed by atoms with Crippen molar-refractivity contribution in [2.75, 3.05) is 4.90 Å². The largest absolute Gasteiger partial charge is 0.310 e. The fourth-order valence-corrected chi connectivity index (χ4v) is 9.97. The topological polar surface area (TPSA) is 3.24 Å². The van der Waals surface area contributed by atoms with Gasteiger partial charge in [-0.1, -0.05) is 85.3 Å². The second-order valence-electron chi connectivity index (χ2n) is 13.5. The molecule has 5 unspecified atom stereocenters. The molecule has 5 atom stereocenters. The van der Waals surface area contributed by atoms with Crippen LogP contribution >= 0.6 is 0 Å². The zero-order valence-electron chi connectivity index (χ0n) is 24.4. The van der Waals surface area contributed by atoms with Crippen LogP contribution in [0.5, 0.6) is 0 Å². The number of fused-ring (bicyclic) bond motifs is 4. The van der Waals surface area contributed by atoms with E-state index in [1.165, 1.54) is 72.0 Å². The van der Waals surface area contributed by atoms with Crippen LogP contribution in [0.2, 0.25) is 0 Å². The third-order valence-corrected chi connectivity index (χ3v) is 11.4. The van der Waals surface area contributed by atoms with Gasteiger partial charge in [-0.15, -0.1) is 0 Å². The summed E-state index contributed by atoms with van der Waals surface area (Å²) in [5.74, 6) is 2.86. The number of anilines is 3. The first kappa shape index (κ1) is 25.3. The van der Waals surface area contributed by atoms with Gasteiger partial charge in [0.2, 0.25) is 0 Å². The van der Waals surface area contributed by atoms with Crippen molar-refractivity contribution in [3.63, 3.8) is 0 Å². The van der Waals surface area contributed by atoms with Crippen LogP contribution in [0.15, 0.2) is 121 Å². The van der Waals surface area contributed by atoms with Crippen LogP contribution in [0.1, 0.15) is 49.7 Å². The predicted octanol–water partition coefficient (Wildman–Crippen LogP) is 11.1. The lowest BCUT2D eigenvalue weighted by molar-refractivity contribution is 0.0621. The Morgan fingerprint density at radius 3 is 2.00 bits per heavy atom. The van der Waals surface area contributed by atoms with E-state index in [1.807, 2.05) is 12.1 Å². The molecule has 0 radical (unpaired) electrons. The zero-order chi connectivity index (χ0) is 28.5. The summed E-state index contributed by atoms with van der Waals surface area (Å²) in [5.41, 5.74) is 11.7. The van der Waals surface area contributed by atoms with Crippen LogP contribution in [-0.4, -0.2) is 0 Å². The van der Waals surface area contributed by atoms with Gasteiger partial charge in [0, 0.05) is 16.8 Å². The standard InChI is InChI=1S/C41H36FN/c42-33-17-21-35(22-18-33)43(34-19-14-30(15-20-34)29-7-2-1-3-8-29)39-12-6-10-37-36-9-4-5-11-38(36)41(40(37)39)31-16-13-27-23-28(25-31)26-32(41)24-27/h1-12,14-15,17-22,27-28,31-32H,13,16,23-26H2. The second-order valence-corrected chi connectivity index (χ2v) is 13.5. The maximum atomic E-state index is 14.3. The van der Waals surface area contributed by atoms with E-state index in [0.717, 1.165) is 23.2 Å². The van der Waals surface area contributed by atoms with Gasteiger partial charge in [0.15, 0.2) is 0 Å². The highest BCUT2D eigenvalue weighted by Crippen LogP contribution is 2.69. The highest BCUT2D eigenvalue weighted by atomic mass is 19.1. The van der Waals surface area contributed by atoms with E-state index in [4.69, 9.17) is 0 Å². The molecule has 0 amide bonds. The van der Waals surface area contributed by atoms with Gasteiger partial charge in [-0.05, 0) is 132 Å². The van der Waals surface area contributed by atoms with E-state index in [2.05, 4.69) is 102 Å². The lowest BCUT2D eigenvalue weighted by Gasteiger charge is -2.53. The Labute approximate surface area is 254 Å². The fourth-order valence-electron chi connectivity index (χ4n) is 9.97. The summed E-state index contributed by atoms with van der Waals surface area (Å²) in [6.45, 7) is 0. The highest BCUT2D eigenvalue weighted by molar-refractivity contribution is 5.91. The first-order valence-corrected chi connectivity index (χ1v) is 16.1. The van der Waals surface area contributed by atoms with Crippen molar-refractivity contribution in [3.8, 4) is 22.3 Å². The Morgan fingerprint density at radius 1 is 0.535 bits per heavy atom. The molecule has 212 valence electrons. The maximum Gasteiger partial charge on any atom is 0.123 e. The molecule has 0 saturated heterocycles. The van der Waals surface area contributed by atoms with Crippen LogP contribution in [0.25, 0.3) is 22.3 Å². The summed E-state index contributed by atoms with van der Waals surface area (Å²) in [7, 11) is 0. The number of halogens is 1. The molecular weight excluding hydrogens is 525 g/mol. The fraction of sp³-hybridized carbons (Fsp3) is 0.268. The molecule has 5 aromatic carbocycles. The summed E-state index contributed by atoms with van der Waals surface area (Å²) in [6.07, 6.45) is 8.17. The Balaban J connectivity index is 1.28. The summed E-state index contributed by atoms with van der Waals surface area (Å²) in [4.78, 5) is 2.40. The van der Waals surface area contributed by atoms with Crippen LogP contribution in [-0.2, 0) is 5.41 Å². The number of hydrogen-bond donors (Lipinski definition) is 0. The van der Waals surface area contributed by atoms with Crippen LogP contribution in [0.3, 0.4) is 0 Å². The van der Waals surface area contributed by atoms with Gasteiger partial charge in [0.05, 0.1) is 5.69 Å². The minimum absolute atomic E-state index is 0.0243. The van der Waals surface area contributed by atoms with Crippen molar-refractivity contribution in [2.45, 2.75) is 43.9 Å². The van der Waals surface area contributed by atoms with Crippen molar-refractivity contribution in [3.05, 3.63) is 138 Å². The first-order chi connectivity index (χ1) is 21.2. The second kappa shape index (κ2) is 9.67. The van der Waals surface area contributed by atoms with Crippen molar-refractivity contribution in [1.29, 1.82) is 0 Å². The normalized spacial score (nSPS) is 26.3. The van der Waals surface area contributed by atoms with E-state index >= 15 is 0 Å². The molecule has 0 aliphatic heterocycles. The molecule has 4 bridgehead atoms. The quantitative estimate of drug-likeness (QED) is 0.211. The molecule has 1 nitrogen and oxygen atoms in total. The lowest BCUT2D eigenvalue weighted by atomic mass is 9.50. The summed E-state index contributed by atoms with van der Waals surface area (Å²) in [5, 5.41) is 0. The molecule has 2 heteroatoms. The summed E-state index contributed by atoms with van der Waals surface area (Å²) >= 11 is 0. The Morgan fingerprint density at radius 2 is 1.19 bits per heavy atom. The number of nitrogens with zero attached hydrogens (tertiary/aromatic N) is 1. The van der Waals surface area contributed by atoms with Crippen molar-refractivity contribution in [1.82, 2.24) is 0 Å². The SMILES string of the molecule is Fc1ccc(N(c2ccc(-c3ccccc3)cc2)c2cccc3c2C2(c4ccccc4-3)C3CCC4CC(C3)CC2C4)cc1. The van der Waals surface area contributed by atoms with Crippen molar-refractivity contribution >= 4 is 17.1 Å². The van der Waals surface area contributed by atoms with E-state index in [1.54, 1.807) is 17.7 Å². The number of rotatable bonds is 4. The molecule has 0 N–H and O–H groups in total. The van der Waals surface area contributed by atoms with Crippen molar-refractivity contribution in [2.24, 2.45) is 23.7 Å². The first-order valence-electron chi connectivity index (χ1n) is 16.1. The molecule has 43 heavy (non-hydrogen) atoms. The van der Waals surface area contributed by atoms with Gasteiger partial charge < -0.3 is 4.90 Å². The Kier molecular flexibility index (Phi) is 5.70. The van der Waals surface area contributed by atoms with Gasteiger partial charge in [0.25, 0.3) is 0 Å². The van der Waals surface area contributed by atoms with Gasteiger partial charge in [0.1, 0.15) is 5.82 Å². The van der Waals surface area contributed by atoms with Crippen LogP contribution in [0, 0.1) is 29.5 Å². The molecular formula is C41H36FN. The lowest BCUT2D eigenvalue weighted by Crippen LogP contribution is -2.48. The minimum Gasteiger partial charge on any atom is -0.310 e. The van der Waals surface area contributed by atoms with Crippen LogP contribution in [0.4, 0.5) is 21.5 Å². The zero-order valence-corrected chi connectivity index (χ0v) is 24.4. The predicted molar refractivity (Wildman–Crippen MR) is 174 cm³/mol. The van der Waals surface area contributed by atoms with Gasteiger partial charge in [-0.2, -0.15) is 0 Å². The molecule has 5 aliphatic carbocycles. The van der Waals surface area contributed by atoms with Gasteiger partial charge >= 0.3 is 0 Å². The maximum absolute atomic E-state index is 14.3. The monoisotopic (exact) mass is 561 g/mol. The highest BCUT2D eigenvalue weighted by Gasteiger charge is 2.60. The summed E-state index contributed by atoms with van der Waals surface area (Å²) in [6, 6.07) is 42.8. The molecule has 0 aromatic heterocycles. The molecule has 5 aromatic rings. The van der Waals surface area contributed by atoms with E-state index in [9.17, 15) is 4.39 Å². The smallest absolute Gasteiger partial charge is 0.123 e. The molecule has 0 heterocycles. The van der Waals surface area contributed by atoms with Gasteiger partial charge in [-0.3, -0.25) is 0 Å². The van der Waals surface area contributed by atoms with Crippen LogP contribution < -0.4 is 4.90 Å². The Bertz CT molecular complexity index is 1800. The molecule has 4 fully saturated rings. The Hall–Kier alpha value is -4.17.